The minimum Gasteiger partial charge on any atom is -0.385 e. The van der Waals surface area contributed by atoms with Gasteiger partial charge in [-0.2, -0.15) is 0 Å². The fraction of sp³-hybridized carbons (Fsp3) is 0.143. The van der Waals surface area contributed by atoms with Gasteiger partial charge in [0, 0.05) is 30.1 Å². The number of rotatable bonds is 5. The van der Waals surface area contributed by atoms with Gasteiger partial charge in [-0.05, 0) is 41.1 Å². The molecule has 0 heterocycles. The number of nitro groups is 1. The summed E-state index contributed by atoms with van der Waals surface area (Å²) in [5.41, 5.74) is 2.06. The van der Waals surface area contributed by atoms with Crippen LogP contribution < -0.4 is 10.6 Å². The number of nitrogens with one attached hydrogen (secondary N) is 2. The normalized spacial score (nSPS) is 10.2. The summed E-state index contributed by atoms with van der Waals surface area (Å²) < 4.78 is 0.711. The summed E-state index contributed by atoms with van der Waals surface area (Å²) in [5.74, 6) is 0. The lowest BCUT2D eigenvalue weighted by Gasteiger charge is -2.11. The van der Waals surface area contributed by atoms with Gasteiger partial charge in [0.15, 0.2) is 0 Å². The van der Waals surface area contributed by atoms with Crippen LogP contribution >= 0.6 is 27.5 Å². The van der Waals surface area contributed by atoms with E-state index in [4.69, 9.17) is 11.6 Å². The number of anilines is 3. The summed E-state index contributed by atoms with van der Waals surface area (Å²) in [6.07, 6.45) is 0. The van der Waals surface area contributed by atoms with Crippen molar-refractivity contribution in [2.45, 2.75) is 6.92 Å². The van der Waals surface area contributed by atoms with Crippen LogP contribution in [0, 0.1) is 10.1 Å². The number of nitrogens with zero attached hydrogens (tertiary/aromatic N) is 1. The van der Waals surface area contributed by atoms with Crippen molar-refractivity contribution in [3.63, 3.8) is 0 Å². The molecule has 0 aliphatic carbocycles. The second kappa shape index (κ2) is 6.78. The Hall–Kier alpha value is -1.79. The predicted octanol–water partition coefficient (Wildman–Crippen LogP) is 5.19. The number of halogens is 2. The van der Waals surface area contributed by atoms with Crippen molar-refractivity contribution in [1.29, 1.82) is 0 Å². The van der Waals surface area contributed by atoms with Crippen molar-refractivity contribution in [1.82, 2.24) is 0 Å². The standard InChI is InChI=1S/C14H13BrClN3O2/c1-2-17-9-6-10(8-11(7-9)19(20)21)18-13-5-3-4-12(16)14(13)15/h3-8,17-18H,2H2,1H3. The summed E-state index contributed by atoms with van der Waals surface area (Å²) >= 11 is 9.43. The third-order valence-corrected chi connectivity index (χ3v) is 4.14. The van der Waals surface area contributed by atoms with Gasteiger partial charge in [-0.15, -0.1) is 0 Å². The Bertz CT molecular complexity index is 679. The molecule has 5 nitrogen and oxygen atoms in total. The van der Waals surface area contributed by atoms with Gasteiger partial charge in [-0.3, -0.25) is 10.1 Å². The number of non-ortho nitro benzene ring substituents is 1. The molecule has 2 aromatic carbocycles. The lowest BCUT2D eigenvalue weighted by atomic mass is 10.2. The highest BCUT2D eigenvalue weighted by Gasteiger charge is 2.11. The topological polar surface area (TPSA) is 67.2 Å². The van der Waals surface area contributed by atoms with E-state index >= 15 is 0 Å². The molecule has 0 amide bonds. The van der Waals surface area contributed by atoms with Gasteiger partial charge in [0.1, 0.15) is 0 Å². The molecule has 0 unspecified atom stereocenters. The van der Waals surface area contributed by atoms with E-state index in [9.17, 15) is 10.1 Å². The largest absolute Gasteiger partial charge is 0.385 e. The quantitative estimate of drug-likeness (QED) is 0.561. The van der Waals surface area contributed by atoms with Crippen LogP contribution in [0.5, 0.6) is 0 Å². The van der Waals surface area contributed by atoms with Crippen LogP contribution in [0.2, 0.25) is 5.02 Å². The number of hydrogen-bond acceptors (Lipinski definition) is 4. The number of hydrogen-bond donors (Lipinski definition) is 2. The lowest BCUT2D eigenvalue weighted by molar-refractivity contribution is -0.384. The van der Waals surface area contributed by atoms with E-state index in [0.717, 1.165) is 5.69 Å². The van der Waals surface area contributed by atoms with Crippen molar-refractivity contribution >= 4 is 50.3 Å². The molecule has 0 aromatic heterocycles. The Morgan fingerprint density at radius 2 is 2.00 bits per heavy atom. The Balaban J connectivity index is 2.38. The van der Waals surface area contributed by atoms with E-state index < -0.39 is 4.92 Å². The maximum atomic E-state index is 11.0. The van der Waals surface area contributed by atoms with Crippen molar-refractivity contribution in [3.05, 3.63) is 56.0 Å². The first-order valence-electron chi connectivity index (χ1n) is 6.25. The van der Waals surface area contributed by atoms with Gasteiger partial charge in [0.05, 0.1) is 20.1 Å². The van der Waals surface area contributed by atoms with Gasteiger partial charge in [-0.25, -0.2) is 0 Å². The molecule has 0 fully saturated rings. The molecule has 0 atom stereocenters. The molecular weight excluding hydrogens is 358 g/mol. The van der Waals surface area contributed by atoms with Gasteiger partial charge < -0.3 is 10.6 Å². The second-order valence-electron chi connectivity index (χ2n) is 4.28. The molecule has 2 rings (SSSR count). The Kier molecular flexibility index (Phi) is 5.03. The molecule has 0 spiro atoms. The fourth-order valence-electron chi connectivity index (χ4n) is 1.85. The molecule has 110 valence electrons. The van der Waals surface area contributed by atoms with E-state index in [1.165, 1.54) is 12.1 Å². The third-order valence-electron chi connectivity index (χ3n) is 2.74. The minimum atomic E-state index is -0.418. The smallest absolute Gasteiger partial charge is 0.273 e. The van der Waals surface area contributed by atoms with E-state index in [1.54, 1.807) is 12.1 Å². The summed E-state index contributed by atoms with van der Waals surface area (Å²) in [7, 11) is 0. The molecule has 0 aliphatic rings. The van der Waals surface area contributed by atoms with Crippen LogP contribution in [0.4, 0.5) is 22.7 Å². The molecule has 0 radical (unpaired) electrons. The summed E-state index contributed by atoms with van der Waals surface area (Å²) in [6, 6.07) is 10.2. The molecule has 21 heavy (non-hydrogen) atoms. The zero-order valence-electron chi connectivity index (χ0n) is 11.2. The maximum Gasteiger partial charge on any atom is 0.273 e. The van der Waals surface area contributed by atoms with E-state index in [0.29, 0.717) is 27.4 Å². The molecule has 0 bridgehead atoms. The number of benzene rings is 2. The van der Waals surface area contributed by atoms with Crippen LogP contribution in [0.1, 0.15) is 6.92 Å². The van der Waals surface area contributed by atoms with Crippen LogP contribution in [-0.4, -0.2) is 11.5 Å². The van der Waals surface area contributed by atoms with Gasteiger partial charge >= 0.3 is 0 Å². The predicted molar refractivity (Wildman–Crippen MR) is 89.7 cm³/mol. The molecule has 0 saturated heterocycles. The van der Waals surface area contributed by atoms with Gasteiger partial charge in [0.2, 0.25) is 0 Å². The van der Waals surface area contributed by atoms with Gasteiger partial charge in [-0.1, -0.05) is 17.7 Å². The molecule has 2 N–H and O–H groups in total. The highest BCUT2D eigenvalue weighted by Crippen LogP contribution is 2.33. The first-order valence-corrected chi connectivity index (χ1v) is 7.42. The average molecular weight is 371 g/mol. The van der Waals surface area contributed by atoms with Crippen molar-refractivity contribution in [2.75, 3.05) is 17.2 Å². The Labute approximate surface area is 135 Å². The average Bonchev–Trinajstić information content (AvgIpc) is 2.44. The Morgan fingerprint density at radius 3 is 2.67 bits per heavy atom. The van der Waals surface area contributed by atoms with Crippen LogP contribution in [0.25, 0.3) is 0 Å². The summed E-state index contributed by atoms with van der Waals surface area (Å²) in [5, 5.41) is 17.8. The monoisotopic (exact) mass is 369 g/mol. The first kappa shape index (κ1) is 15.6. The molecule has 0 aliphatic heterocycles. The lowest BCUT2D eigenvalue weighted by Crippen LogP contribution is -2.00. The Morgan fingerprint density at radius 1 is 1.29 bits per heavy atom. The first-order chi connectivity index (χ1) is 10.0. The van der Waals surface area contributed by atoms with E-state index in [1.807, 2.05) is 19.1 Å². The number of nitro benzene ring substituents is 1. The van der Waals surface area contributed by atoms with Gasteiger partial charge in [0.25, 0.3) is 5.69 Å². The third kappa shape index (κ3) is 3.86. The zero-order chi connectivity index (χ0) is 15.4. The second-order valence-corrected chi connectivity index (χ2v) is 5.48. The van der Waals surface area contributed by atoms with Crippen LogP contribution in [0.3, 0.4) is 0 Å². The highest BCUT2D eigenvalue weighted by atomic mass is 79.9. The fourth-order valence-corrected chi connectivity index (χ4v) is 2.39. The van der Waals surface area contributed by atoms with Crippen molar-refractivity contribution in [2.24, 2.45) is 0 Å². The molecule has 2 aromatic rings. The van der Waals surface area contributed by atoms with Crippen LogP contribution in [0.15, 0.2) is 40.9 Å². The summed E-state index contributed by atoms with van der Waals surface area (Å²) in [4.78, 5) is 10.6. The molecule has 7 heteroatoms. The van der Waals surface area contributed by atoms with Crippen molar-refractivity contribution < 1.29 is 4.92 Å². The SMILES string of the molecule is CCNc1cc(Nc2cccc(Cl)c2Br)cc([N+](=O)[O-])c1. The zero-order valence-corrected chi connectivity index (χ0v) is 13.5. The van der Waals surface area contributed by atoms with Crippen LogP contribution in [-0.2, 0) is 0 Å². The maximum absolute atomic E-state index is 11.0. The summed E-state index contributed by atoms with van der Waals surface area (Å²) in [6.45, 7) is 2.61. The van der Waals surface area contributed by atoms with Crippen molar-refractivity contribution in [3.8, 4) is 0 Å². The van der Waals surface area contributed by atoms with E-state index in [-0.39, 0.29) is 5.69 Å². The highest BCUT2D eigenvalue weighted by molar-refractivity contribution is 9.10. The van der Waals surface area contributed by atoms with E-state index in [2.05, 4.69) is 26.6 Å². The minimum absolute atomic E-state index is 0.0223. The molecule has 0 saturated carbocycles. The molecular formula is C14H13BrClN3O2.